The van der Waals surface area contributed by atoms with E-state index in [2.05, 4.69) is 0 Å². The highest BCUT2D eigenvalue weighted by Crippen LogP contribution is 2.35. The van der Waals surface area contributed by atoms with Gasteiger partial charge in [0, 0.05) is 17.5 Å². The van der Waals surface area contributed by atoms with E-state index in [1.54, 1.807) is 6.92 Å². The first-order chi connectivity index (χ1) is 8.25. The second kappa shape index (κ2) is 5.56. The van der Waals surface area contributed by atoms with E-state index in [0.717, 1.165) is 12.1 Å². The van der Waals surface area contributed by atoms with Gasteiger partial charge in [0.2, 0.25) is 0 Å². The number of nitro groups is 1. The Bertz CT molecular complexity index is 448. The van der Waals surface area contributed by atoms with Crippen LogP contribution in [-0.2, 0) is 12.6 Å². The van der Waals surface area contributed by atoms with Crippen molar-refractivity contribution < 1.29 is 18.1 Å². The van der Waals surface area contributed by atoms with Gasteiger partial charge in [-0.3, -0.25) is 10.1 Å². The largest absolute Gasteiger partial charge is 0.416 e. The predicted octanol–water partition coefficient (Wildman–Crippen LogP) is 4.17. The van der Waals surface area contributed by atoms with E-state index in [4.69, 9.17) is 11.6 Å². The van der Waals surface area contributed by atoms with Crippen LogP contribution in [0.2, 0.25) is 0 Å². The lowest BCUT2D eigenvalue weighted by Gasteiger charge is -2.14. The van der Waals surface area contributed by atoms with Crippen LogP contribution in [0, 0.1) is 10.1 Å². The Morgan fingerprint density at radius 1 is 1.44 bits per heavy atom. The van der Waals surface area contributed by atoms with Gasteiger partial charge in [0.05, 0.1) is 10.5 Å². The number of nitro benzene ring substituents is 1. The maximum atomic E-state index is 12.8. The van der Waals surface area contributed by atoms with E-state index in [9.17, 15) is 23.3 Å². The Hall–Kier alpha value is -1.30. The van der Waals surface area contributed by atoms with Crippen LogP contribution in [0.4, 0.5) is 18.9 Å². The van der Waals surface area contributed by atoms with Crippen molar-refractivity contribution in [1.82, 2.24) is 0 Å². The molecule has 0 heterocycles. The minimum atomic E-state index is -4.62. The first-order valence-corrected chi connectivity index (χ1v) is 5.68. The summed E-state index contributed by atoms with van der Waals surface area (Å²) in [6.45, 7) is 1.76. The third-order valence-corrected chi connectivity index (χ3v) is 2.96. The normalized spacial score (nSPS) is 13.4. The third-order valence-electron chi connectivity index (χ3n) is 2.49. The molecule has 1 atom stereocenters. The zero-order valence-electron chi connectivity index (χ0n) is 9.50. The summed E-state index contributed by atoms with van der Waals surface area (Å²) in [6, 6.07) is 2.73. The topological polar surface area (TPSA) is 43.1 Å². The van der Waals surface area contributed by atoms with Gasteiger partial charge >= 0.3 is 6.18 Å². The summed E-state index contributed by atoms with van der Waals surface area (Å²) in [7, 11) is 0. The molecule has 0 aliphatic heterocycles. The van der Waals surface area contributed by atoms with Gasteiger partial charge in [-0.05, 0) is 18.4 Å². The smallest absolute Gasteiger partial charge is 0.258 e. The highest BCUT2D eigenvalue weighted by molar-refractivity contribution is 6.20. The van der Waals surface area contributed by atoms with E-state index in [0.29, 0.717) is 12.5 Å². The molecule has 0 N–H and O–H groups in total. The van der Waals surface area contributed by atoms with E-state index in [1.165, 1.54) is 0 Å². The van der Waals surface area contributed by atoms with Crippen molar-refractivity contribution in [2.45, 2.75) is 31.3 Å². The van der Waals surface area contributed by atoms with Gasteiger partial charge in [-0.1, -0.05) is 13.0 Å². The lowest BCUT2D eigenvalue weighted by atomic mass is 10.0. The Balaban J connectivity index is 3.21. The number of halogens is 4. The molecule has 0 amide bonds. The zero-order chi connectivity index (χ0) is 13.9. The van der Waals surface area contributed by atoms with Gasteiger partial charge in [-0.2, -0.15) is 13.2 Å². The van der Waals surface area contributed by atoms with Crippen LogP contribution in [0.15, 0.2) is 18.2 Å². The second-order valence-corrected chi connectivity index (χ2v) is 4.42. The average Bonchev–Trinajstić information content (AvgIpc) is 2.27. The number of nitrogens with zero attached hydrogens (tertiary/aromatic N) is 1. The lowest BCUT2D eigenvalue weighted by molar-refractivity contribution is -0.385. The van der Waals surface area contributed by atoms with Crippen molar-refractivity contribution in [2.24, 2.45) is 0 Å². The molecule has 0 radical (unpaired) electrons. The number of hydrogen-bond acceptors (Lipinski definition) is 2. The average molecular weight is 282 g/mol. The third kappa shape index (κ3) is 3.60. The fraction of sp³-hybridized carbons (Fsp3) is 0.455. The Labute approximate surface area is 107 Å². The summed E-state index contributed by atoms with van der Waals surface area (Å²) in [6.07, 6.45) is -4.06. The number of benzene rings is 1. The zero-order valence-corrected chi connectivity index (χ0v) is 10.3. The molecule has 3 nitrogen and oxygen atoms in total. The molecule has 1 aromatic carbocycles. The van der Waals surface area contributed by atoms with Crippen molar-refractivity contribution in [3.8, 4) is 0 Å². The van der Waals surface area contributed by atoms with E-state index in [-0.39, 0.29) is 12.0 Å². The molecule has 1 unspecified atom stereocenters. The van der Waals surface area contributed by atoms with Crippen molar-refractivity contribution in [3.05, 3.63) is 39.4 Å². The highest BCUT2D eigenvalue weighted by atomic mass is 35.5. The van der Waals surface area contributed by atoms with Gasteiger partial charge in [-0.25, -0.2) is 0 Å². The standard InChI is InChI=1S/C11H11ClF3NO2/c1-2-8(12)5-7-3-4-9(16(17)18)6-10(7)11(13,14)15/h3-4,6,8H,2,5H2,1H3. The van der Waals surface area contributed by atoms with Gasteiger partial charge in [-0.15, -0.1) is 11.6 Å². The van der Waals surface area contributed by atoms with E-state index in [1.807, 2.05) is 0 Å². The van der Waals surface area contributed by atoms with Crippen LogP contribution in [0.25, 0.3) is 0 Å². The molecule has 7 heteroatoms. The molecule has 0 saturated carbocycles. The quantitative estimate of drug-likeness (QED) is 0.472. The number of hydrogen-bond donors (Lipinski definition) is 0. The van der Waals surface area contributed by atoms with Crippen molar-refractivity contribution in [1.29, 1.82) is 0 Å². The molecule has 1 rings (SSSR count). The van der Waals surface area contributed by atoms with Crippen molar-refractivity contribution in [2.75, 3.05) is 0 Å². The van der Waals surface area contributed by atoms with Gasteiger partial charge in [0.1, 0.15) is 0 Å². The van der Waals surface area contributed by atoms with Gasteiger partial charge in [0.25, 0.3) is 5.69 Å². The molecule has 0 bridgehead atoms. The molecule has 0 aromatic heterocycles. The molecule has 1 aromatic rings. The lowest BCUT2D eigenvalue weighted by Crippen LogP contribution is -2.13. The SMILES string of the molecule is CCC(Cl)Cc1ccc([N+](=O)[O-])cc1C(F)(F)F. The summed E-state index contributed by atoms with van der Waals surface area (Å²) in [5.41, 5.74) is -1.58. The molecular formula is C11H11ClF3NO2. The molecule has 0 aliphatic rings. The first kappa shape index (κ1) is 14.8. The molecule has 0 aliphatic carbocycles. The summed E-state index contributed by atoms with van der Waals surface area (Å²) in [5, 5.41) is 10.1. The molecule has 18 heavy (non-hydrogen) atoms. The molecular weight excluding hydrogens is 271 g/mol. The predicted molar refractivity (Wildman–Crippen MR) is 61.7 cm³/mol. The molecule has 0 saturated heterocycles. The van der Waals surface area contributed by atoms with Gasteiger partial charge in [0.15, 0.2) is 0 Å². The van der Waals surface area contributed by atoms with Crippen LogP contribution in [0.3, 0.4) is 0 Å². The summed E-state index contributed by atoms with van der Waals surface area (Å²) >= 11 is 5.82. The summed E-state index contributed by atoms with van der Waals surface area (Å²) in [4.78, 5) is 9.63. The fourth-order valence-corrected chi connectivity index (χ4v) is 1.67. The Kier molecular flexibility index (Phi) is 4.56. The minimum absolute atomic E-state index is 0.0186. The van der Waals surface area contributed by atoms with Crippen LogP contribution < -0.4 is 0 Å². The number of non-ortho nitro benzene ring substituents is 1. The summed E-state index contributed by atoms with van der Waals surface area (Å²) in [5.74, 6) is 0. The van der Waals surface area contributed by atoms with E-state index < -0.39 is 27.7 Å². The van der Waals surface area contributed by atoms with Crippen LogP contribution >= 0.6 is 11.6 Å². The monoisotopic (exact) mass is 281 g/mol. The maximum Gasteiger partial charge on any atom is 0.416 e. The second-order valence-electron chi connectivity index (χ2n) is 3.81. The van der Waals surface area contributed by atoms with Crippen LogP contribution in [0.1, 0.15) is 24.5 Å². The van der Waals surface area contributed by atoms with Crippen LogP contribution in [-0.4, -0.2) is 10.3 Å². The number of alkyl halides is 4. The highest BCUT2D eigenvalue weighted by Gasteiger charge is 2.35. The Morgan fingerprint density at radius 2 is 2.06 bits per heavy atom. The first-order valence-electron chi connectivity index (χ1n) is 5.24. The van der Waals surface area contributed by atoms with Gasteiger partial charge < -0.3 is 0 Å². The fourth-order valence-electron chi connectivity index (χ4n) is 1.50. The van der Waals surface area contributed by atoms with Crippen molar-refractivity contribution in [3.63, 3.8) is 0 Å². The molecule has 0 spiro atoms. The maximum absolute atomic E-state index is 12.8. The minimum Gasteiger partial charge on any atom is -0.258 e. The van der Waals surface area contributed by atoms with Crippen molar-refractivity contribution >= 4 is 17.3 Å². The van der Waals surface area contributed by atoms with Crippen LogP contribution in [0.5, 0.6) is 0 Å². The van der Waals surface area contributed by atoms with E-state index >= 15 is 0 Å². The Morgan fingerprint density at radius 3 is 2.50 bits per heavy atom. The summed E-state index contributed by atoms with van der Waals surface area (Å²) < 4.78 is 38.3. The molecule has 100 valence electrons. The number of rotatable bonds is 4. The molecule has 0 fully saturated rings.